The summed E-state index contributed by atoms with van der Waals surface area (Å²) in [5, 5.41) is 0. The summed E-state index contributed by atoms with van der Waals surface area (Å²) in [5.41, 5.74) is 0. The van der Waals surface area contributed by atoms with E-state index in [4.69, 9.17) is 4.74 Å². The first-order chi connectivity index (χ1) is 2.89. The van der Waals surface area contributed by atoms with Crippen LogP contribution in [-0.4, -0.2) is 34.7 Å². The zero-order valence-electron chi connectivity index (χ0n) is 3.35. The van der Waals surface area contributed by atoms with E-state index in [1.54, 1.807) is 0 Å². The van der Waals surface area contributed by atoms with Crippen LogP contribution in [0, 0.1) is 0 Å². The molecule has 0 saturated heterocycles. The average Bonchev–Trinajstić information content (AvgIpc) is 1.86. The Morgan fingerprint density at radius 1 is 1.83 bits per heavy atom. The first-order valence-electron chi connectivity index (χ1n) is 1.82. The van der Waals surface area contributed by atoms with Crippen LogP contribution < -0.4 is 0 Å². The molecule has 0 spiro atoms. The van der Waals surface area contributed by atoms with E-state index in [0.29, 0.717) is 0 Å². The molecule has 3 heteroatoms. The van der Waals surface area contributed by atoms with Crippen LogP contribution in [0.2, 0.25) is 0 Å². The SMILES string of the molecule is [AsH2]C1=NCCO1. The van der Waals surface area contributed by atoms with Gasteiger partial charge in [0.15, 0.2) is 0 Å². The topological polar surface area (TPSA) is 21.6 Å². The molecular formula is C3H6AsNO. The fraction of sp³-hybridized carbons (Fsp3) is 0.667. The molecule has 0 amide bonds. The summed E-state index contributed by atoms with van der Waals surface area (Å²) in [4.78, 5) is 3.96. The maximum absolute atomic E-state index is 4.93. The van der Waals surface area contributed by atoms with Crippen LogP contribution in [0.4, 0.5) is 0 Å². The van der Waals surface area contributed by atoms with Crippen molar-refractivity contribution in [3.05, 3.63) is 0 Å². The molecule has 1 aliphatic rings. The summed E-state index contributed by atoms with van der Waals surface area (Å²) >= 11 is 1.47. The summed E-state index contributed by atoms with van der Waals surface area (Å²) in [5.74, 6) is 0. The number of rotatable bonds is 0. The van der Waals surface area contributed by atoms with Crippen molar-refractivity contribution < 1.29 is 4.74 Å². The second-order valence-electron chi connectivity index (χ2n) is 1.07. The quantitative estimate of drug-likeness (QED) is 0.403. The Morgan fingerprint density at radius 3 is 2.83 bits per heavy atom. The van der Waals surface area contributed by atoms with Crippen molar-refractivity contribution in [2.24, 2.45) is 4.99 Å². The first-order valence-corrected chi connectivity index (χ1v) is 3.03. The number of nitrogens with zero attached hydrogens (tertiary/aromatic N) is 1. The number of hydrogen-bond donors (Lipinski definition) is 0. The van der Waals surface area contributed by atoms with Gasteiger partial charge in [0.05, 0.1) is 0 Å². The fourth-order valence-corrected chi connectivity index (χ4v) is 0.870. The Bertz CT molecular complexity index is 80.9. The predicted molar refractivity (Wildman–Crippen MR) is 26.8 cm³/mol. The average molecular weight is 147 g/mol. The zero-order chi connectivity index (χ0) is 4.41. The molecule has 1 rings (SSSR count). The minimum atomic E-state index is 0.799. The number of ether oxygens (including phenoxy) is 1. The van der Waals surface area contributed by atoms with Crippen LogP contribution in [0.25, 0.3) is 0 Å². The molecule has 1 unspecified atom stereocenters. The molecule has 0 aromatic carbocycles. The molecule has 1 heterocycles. The summed E-state index contributed by atoms with van der Waals surface area (Å²) in [6, 6.07) is 0. The molecular weight excluding hydrogens is 141 g/mol. The summed E-state index contributed by atoms with van der Waals surface area (Å²) in [7, 11) is 0. The van der Waals surface area contributed by atoms with E-state index in [2.05, 4.69) is 4.99 Å². The summed E-state index contributed by atoms with van der Waals surface area (Å²) in [6.07, 6.45) is 0. The Hall–Kier alpha value is 0.0284. The van der Waals surface area contributed by atoms with E-state index in [9.17, 15) is 0 Å². The van der Waals surface area contributed by atoms with Crippen molar-refractivity contribution in [2.45, 2.75) is 0 Å². The van der Waals surface area contributed by atoms with E-state index in [-0.39, 0.29) is 0 Å². The van der Waals surface area contributed by atoms with Crippen LogP contribution in [0.1, 0.15) is 0 Å². The Morgan fingerprint density at radius 2 is 2.67 bits per heavy atom. The van der Waals surface area contributed by atoms with Crippen LogP contribution in [0.3, 0.4) is 0 Å². The summed E-state index contributed by atoms with van der Waals surface area (Å²) < 4.78 is 5.82. The molecule has 0 aliphatic carbocycles. The molecule has 0 saturated carbocycles. The van der Waals surface area contributed by atoms with Gasteiger partial charge in [0.2, 0.25) is 0 Å². The van der Waals surface area contributed by atoms with Gasteiger partial charge in [0, 0.05) is 0 Å². The van der Waals surface area contributed by atoms with Gasteiger partial charge in [-0.2, -0.15) is 0 Å². The standard InChI is InChI=1S/C3H6AsNO/c4-3-5-1-2-6-3/h1-2,4H2. The van der Waals surface area contributed by atoms with Gasteiger partial charge in [-0.3, -0.25) is 0 Å². The predicted octanol–water partition coefficient (Wildman–Crippen LogP) is -0.994. The van der Waals surface area contributed by atoms with Gasteiger partial charge in [-0.25, -0.2) is 0 Å². The van der Waals surface area contributed by atoms with Crippen molar-refractivity contribution in [3.8, 4) is 0 Å². The third-order valence-electron chi connectivity index (χ3n) is 0.609. The van der Waals surface area contributed by atoms with Crippen molar-refractivity contribution in [2.75, 3.05) is 13.2 Å². The second kappa shape index (κ2) is 1.65. The van der Waals surface area contributed by atoms with Crippen molar-refractivity contribution in [3.63, 3.8) is 0 Å². The maximum atomic E-state index is 4.93. The molecule has 1 atom stereocenters. The molecule has 0 aromatic heterocycles. The van der Waals surface area contributed by atoms with E-state index < -0.39 is 0 Å². The molecule has 1 aliphatic heterocycles. The first kappa shape index (κ1) is 4.19. The molecule has 0 fully saturated rings. The van der Waals surface area contributed by atoms with Gasteiger partial charge in [0.25, 0.3) is 0 Å². The molecule has 0 bridgehead atoms. The Balaban J connectivity index is 2.45. The van der Waals surface area contributed by atoms with E-state index >= 15 is 0 Å². The summed E-state index contributed by atoms with van der Waals surface area (Å²) in [6.45, 7) is 1.67. The van der Waals surface area contributed by atoms with E-state index in [1.807, 2.05) is 0 Å². The van der Waals surface area contributed by atoms with Crippen molar-refractivity contribution in [1.82, 2.24) is 0 Å². The number of aliphatic imine (C=N–C) groups is 1. The van der Waals surface area contributed by atoms with Crippen molar-refractivity contribution >= 4 is 21.5 Å². The van der Waals surface area contributed by atoms with Gasteiger partial charge in [-0.05, 0) is 0 Å². The molecule has 2 nitrogen and oxygen atoms in total. The minimum absolute atomic E-state index is 0.799. The Labute approximate surface area is 45.1 Å². The Kier molecular flexibility index (Phi) is 1.15. The van der Waals surface area contributed by atoms with Gasteiger partial charge in [0.1, 0.15) is 0 Å². The van der Waals surface area contributed by atoms with Gasteiger partial charge in [-0.1, -0.05) is 0 Å². The van der Waals surface area contributed by atoms with Crippen LogP contribution in [0.5, 0.6) is 0 Å². The molecule has 0 radical (unpaired) electrons. The van der Waals surface area contributed by atoms with Gasteiger partial charge in [-0.15, -0.1) is 0 Å². The zero-order valence-corrected chi connectivity index (χ0v) is 5.77. The van der Waals surface area contributed by atoms with Gasteiger partial charge >= 0.3 is 44.4 Å². The second-order valence-corrected chi connectivity index (χ2v) is 2.10. The molecule has 34 valence electrons. The number of hydrogen-bond acceptors (Lipinski definition) is 2. The van der Waals surface area contributed by atoms with Crippen LogP contribution in [0.15, 0.2) is 4.99 Å². The third-order valence-corrected chi connectivity index (χ3v) is 1.34. The van der Waals surface area contributed by atoms with E-state index in [0.717, 1.165) is 17.8 Å². The molecule has 6 heavy (non-hydrogen) atoms. The van der Waals surface area contributed by atoms with Crippen molar-refractivity contribution in [1.29, 1.82) is 0 Å². The van der Waals surface area contributed by atoms with E-state index in [1.165, 1.54) is 16.9 Å². The third kappa shape index (κ3) is 0.748. The monoisotopic (exact) mass is 147 g/mol. The normalized spacial score (nSPS) is 19.8. The van der Waals surface area contributed by atoms with Crippen LogP contribution in [-0.2, 0) is 4.74 Å². The fourth-order valence-electron chi connectivity index (χ4n) is 0.352. The molecule has 0 N–H and O–H groups in total. The van der Waals surface area contributed by atoms with Crippen LogP contribution >= 0.6 is 0 Å². The van der Waals surface area contributed by atoms with Gasteiger partial charge < -0.3 is 0 Å². The molecule has 0 aromatic rings.